The SMILES string of the molecule is [2H]C([2H])([2H])c1cc(-c2nc(C(C)(C)C)nc(C(C)(C)C)n2)ccc1-c1cc(-c2c(C)ccc3c2oc2c(-c4ccccc4)c([N+]#[C-])ccc23)[n+](C)cc1[Si](C)(C)C. The zero-order valence-electron chi connectivity index (χ0n) is 36.2. The first-order valence-corrected chi connectivity index (χ1v) is 22.0. The van der Waals surface area contributed by atoms with Crippen molar-refractivity contribution in [2.24, 2.45) is 7.05 Å². The molecule has 0 spiro atoms. The minimum atomic E-state index is -2.43. The summed E-state index contributed by atoms with van der Waals surface area (Å²) in [4.78, 5) is 18.5. The third-order valence-corrected chi connectivity index (χ3v) is 12.1. The van der Waals surface area contributed by atoms with Crippen LogP contribution >= 0.6 is 0 Å². The van der Waals surface area contributed by atoms with Crippen LogP contribution in [0, 0.1) is 20.3 Å². The number of rotatable bonds is 5. The first kappa shape index (κ1) is 33.1. The summed E-state index contributed by atoms with van der Waals surface area (Å²) in [6, 6.07) is 25.7. The van der Waals surface area contributed by atoms with Gasteiger partial charge in [-0.25, -0.2) is 24.4 Å². The lowest BCUT2D eigenvalue weighted by Crippen LogP contribution is -2.46. The van der Waals surface area contributed by atoms with Crippen molar-refractivity contribution in [3.63, 3.8) is 0 Å². The Bertz CT molecular complexity index is 2730. The van der Waals surface area contributed by atoms with Crippen LogP contribution in [0.15, 0.2) is 89.5 Å². The van der Waals surface area contributed by atoms with Crippen LogP contribution in [0.2, 0.25) is 19.6 Å². The first-order valence-electron chi connectivity index (χ1n) is 20.0. The van der Waals surface area contributed by atoms with E-state index in [-0.39, 0.29) is 16.4 Å². The fraction of sp³-hybridized carbons (Fsp3) is 0.298. The largest absolute Gasteiger partial charge is 0.456 e. The molecule has 0 aliphatic heterocycles. The van der Waals surface area contributed by atoms with E-state index in [2.05, 4.69) is 102 Å². The molecule has 0 N–H and O–H groups in total. The summed E-state index contributed by atoms with van der Waals surface area (Å²) in [5.41, 5.74) is 8.17. The average molecular weight is 732 g/mol. The summed E-state index contributed by atoms with van der Waals surface area (Å²) >= 11 is 0. The number of fused-ring (bicyclic) bond motifs is 3. The highest BCUT2D eigenvalue weighted by Gasteiger charge is 2.31. The van der Waals surface area contributed by atoms with Crippen molar-refractivity contribution < 1.29 is 13.1 Å². The molecule has 7 rings (SSSR count). The molecular formula is C47H50N5OSi+. The molecule has 0 unspecified atom stereocenters. The summed E-state index contributed by atoms with van der Waals surface area (Å²) in [5.74, 6) is 1.79. The monoisotopic (exact) mass is 731 g/mol. The van der Waals surface area contributed by atoms with Gasteiger partial charge in [-0.3, -0.25) is 0 Å². The van der Waals surface area contributed by atoms with E-state index in [9.17, 15) is 0 Å². The molecule has 272 valence electrons. The molecule has 0 bridgehead atoms. The van der Waals surface area contributed by atoms with Gasteiger partial charge in [0.2, 0.25) is 5.69 Å². The van der Waals surface area contributed by atoms with Gasteiger partial charge < -0.3 is 4.42 Å². The summed E-state index contributed by atoms with van der Waals surface area (Å²) in [7, 11) is -0.0247. The third-order valence-electron chi connectivity index (χ3n) is 10.1. The van der Waals surface area contributed by atoms with Crippen LogP contribution in [0.4, 0.5) is 5.69 Å². The summed E-state index contributed by atoms with van der Waals surface area (Å²) in [5, 5.41) is 3.02. The molecule has 7 heteroatoms. The Morgan fingerprint density at radius 2 is 1.35 bits per heavy atom. The van der Waals surface area contributed by atoms with Crippen molar-refractivity contribution in [2.45, 2.75) is 85.8 Å². The lowest BCUT2D eigenvalue weighted by atomic mass is 9.92. The van der Waals surface area contributed by atoms with Crippen molar-refractivity contribution >= 4 is 40.9 Å². The van der Waals surface area contributed by atoms with Gasteiger partial charge in [0.15, 0.2) is 17.7 Å². The van der Waals surface area contributed by atoms with E-state index in [0.29, 0.717) is 39.9 Å². The number of hydrogen-bond donors (Lipinski definition) is 0. The Labute approximate surface area is 325 Å². The number of nitrogens with zero attached hydrogens (tertiary/aromatic N) is 5. The van der Waals surface area contributed by atoms with Gasteiger partial charge in [0, 0.05) is 48.1 Å². The maximum absolute atomic E-state index is 8.87. The van der Waals surface area contributed by atoms with Crippen molar-refractivity contribution in [1.82, 2.24) is 15.0 Å². The molecule has 0 atom stereocenters. The Balaban J connectivity index is 1.50. The van der Waals surface area contributed by atoms with E-state index in [1.54, 1.807) is 6.07 Å². The fourth-order valence-electron chi connectivity index (χ4n) is 7.10. The minimum Gasteiger partial charge on any atom is -0.456 e. The molecule has 3 aromatic heterocycles. The highest BCUT2D eigenvalue weighted by Crippen LogP contribution is 2.44. The van der Waals surface area contributed by atoms with Crippen LogP contribution < -0.4 is 9.75 Å². The summed E-state index contributed by atoms with van der Waals surface area (Å²) in [6.07, 6.45) is 2.18. The summed E-state index contributed by atoms with van der Waals surface area (Å²) in [6.45, 7) is 26.9. The van der Waals surface area contributed by atoms with Crippen LogP contribution in [0.1, 0.15) is 68.4 Å². The number of pyridine rings is 1. The Hall–Kier alpha value is -5.45. The van der Waals surface area contributed by atoms with E-state index in [1.807, 2.05) is 61.6 Å². The average Bonchev–Trinajstić information content (AvgIpc) is 3.51. The van der Waals surface area contributed by atoms with Gasteiger partial charge in [0.1, 0.15) is 29.9 Å². The van der Waals surface area contributed by atoms with Crippen molar-refractivity contribution in [1.29, 1.82) is 0 Å². The van der Waals surface area contributed by atoms with E-state index < -0.39 is 14.9 Å². The molecule has 0 aliphatic rings. The van der Waals surface area contributed by atoms with Gasteiger partial charge in [0.05, 0.1) is 20.2 Å². The van der Waals surface area contributed by atoms with Gasteiger partial charge in [0.25, 0.3) is 0 Å². The van der Waals surface area contributed by atoms with Gasteiger partial charge >= 0.3 is 0 Å². The molecule has 0 saturated carbocycles. The second-order valence-corrected chi connectivity index (χ2v) is 22.5. The van der Waals surface area contributed by atoms with Crippen LogP contribution in [0.3, 0.4) is 0 Å². The first-order chi connectivity index (χ1) is 26.6. The lowest BCUT2D eigenvalue weighted by Gasteiger charge is -2.23. The van der Waals surface area contributed by atoms with Crippen molar-refractivity contribution in [2.75, 3.05) is 0 Å². The molecule has 0 aliphatic carbocycles. The molecule has 0 radical (unpaired) electrons. The molecule has 0 saturated heterocycles. The Kier molecular flexibility index (Phi) is 8.06. The number of aryl methyl sites for hydroxylation is 3. The van der Waals surface area contributed by atoms with Crippen LogP contribution in [0.5, 0.6) is 0 Å². The highest BCUT2D eigenvalue weighted by molar-refractivity contribution is 6.89. The normalized spacial score (nSPS) is 13.5. The van der Waals surface area contributed by atoms with E-state index >= 15 is 0 Å². The second-order valence-electron chi connectivity index (χ2n) is 17.5. The number of benzene rings is 4. The van der Waals surface area contributed by atoms with Gasteiger partial charge in [-0.05, 0) is 47.7 Å². The zero-order valence-corrected chi connectivity index (χ0v) is 34.2. The third kappa shape index (κ3) is 6.54. The molecule has 3 heterocycles. The minimum absolute atomic E-state index is 0.243. The quantitative estimate of drug-likeness (QED) is 0.100. The van der Waals surface area contributed by atoms with Gasteiger partial charge in [-0.15, -0.1) is 0 Å². The topological polar surface area (TPSA) is 60.1 Å². The molecule has 0 fully saturated rings. The van der Waals surface area contributed by atoms with Gasteiger partial charge in [-0.1, -0.05) is 128 Å². The number of furan rings is 1. The van der Waals surface area contributed by atoms with E-state index in [0.717, 1.165) is 55.1 Å². The molecule has 7 aromatic rings. The molecule has 6 nitrogen and oxygen atoms in total. The molecule has 4 aromatic carbocycles. The predicted octanol–water partition coefficient (Wildman–Crippen LogP) is 11.6. The lowest BCUT2D eigenvalue weighted by molar-refractivity contribution is -0.659. The predicted molar refractivity (Wildman–Crippen MR) is 226 cm³/mol. The maximum Gasteiger partial charge on any atom is 0.216 e. The van der Waals surface area contributed by atoms with Crippen molar-refractivity contribution in [3.05, 3.63) is 119 Å². The Morgan fingerprint density at radius 1 is 0.722 bits per heavy atom. The summed E-state index contributed by atoms with van der Waals surface area (Å²) < 4.78 is 35.7. The van der Waals surface area contributed by atoms with Crippen LogP contribution in [-0.2, 0) is 17.9 Å². The standard InChI is InChI=1S/C47H50N5OSi/c1-28-19-21-33-34-23-24-36(48-9)40(30-17-15-14-16-18-30)42(34)53-41(33)39(28)37-26-35(38(27-52(37)10)54(11,12)13)32-22-20-31(25-29(32)2)43-49-44(46(3,4)5)51-45(50-43)47(6,7)8/h14-27H,1-8,10-13H3/q+1/i2D3. The highest BCUT2D eigenvalue weighted by atomic mass is 28.3. The smallest absolute Gasteiger partial charge is 0.216 e. The molecule has 54 heavy (non-hydrogen) atoms. The zero-order chi connectivity index (χ0) is 41.4. The van der Waals surface area contributed by atoms with E-state index in [1.165, 1.54) is 0 Å². The number of hydrogen-bond acceptors (Lipinski definition) is 4. The van der Waals surface area contributed by atoms with Gasteiger partial charge in [-0.2, -0.15) is 0 Å². The van der Waals surface area contributed by atoms with Crippen molar-refractivity contribution in [3.8, 4) is 44.9 Å². The maximum atomic E-state index is 8.87. The van der Waals surface area contributed by atoms with E-state index in [4.69, 9.17) is 30.1 Å². The molecular weight excluding hydrogens is 679 g/mol. The Morgan fingerprint density at radius 3 is 1.94 bits per heavy atom. The fourth-order valence-corrected chi connectivity index (χ4v) is 8.69. The molecule has 0 amide bonds. The number of aromatic nitrogens is 4. The van der Waals surface area contributed by atoms with Crippen LogP contribution in [-0.4, -0.2) is 23.0 Å². The second kappa shape index (κ2) is 13.1. The van der Waals surface area contributed by atoms with Crippen LogP contribution in [0.25, 0.3) is 71.7 Å².